The van der Waals surface area contributed by atoms with Crippen LogP contribution >= 0.6 is 0 Å². The zero-order chi connectivity index (χ0) is 18.4. The average Bonchev–Trinajstić information content (AvgIpc) is 2.60. The van der Waals surface area contributed by atoms with E-state index < -0.39 is 23.6 Å². The van der Waals surface area contributed by atoms with Crippen LogP contribution in [-0.2, 0) is 14.3 Å². The van der Waals surface area contributed by atoms with Crippen molar-refractivity contribution in [3.63, 3.8) is 0 Å². The lowest BCUT2D eigenvalue weighted by atomic mass is 10.2. The van der Waals surface area contributed by atoms with Gasteiger partial charge < -0.3 is 15.0 Å². The normalized spacial score (nSPS) is 10.0. The second-order valence-electron chi connectivity index (χ2n) is 5.18. The van der Waals surface area contributed by atoms with Crippen LogP contribution in [0.15, 0.2) is 48.5 Å². The molecule has 0 aliphatic heterocycles. The Hall–Kier alpha value is -3.22. The van der Waals surface area contributed by atoms with E-state index in [2.05, 4.69) is 10.1 Å². The van der Waals surface area contributed by atoms with Crippen molar-refractivity contribution in [1.29, 1.82) is 0 Å². The molecule has 2 amide bonds. The second-order valence-corrected chi connectivity index (χ2v) is 5.18. The van der Waals surface area contributed by atoms with E-state index in [-0.39, 0.29) is 17.8 Å². The third-order valence-electron chi connectivity index (χ3n) is 3.41. The van der Waals surface area contributed by atoms with Crippen LogP contribution in [-0.4, -0.2) is 31.4 Å². The van der Waals surface area contributed by atoms with Gasteiger partial charge in [-0.1, -0.05) is 18.2 Å². The number of nitrogens with one attached hydrogen (secondary N) is 1. The zero-order valence-electron chi connectivity index (χ0n) is 13.8. The third-order valence-corrected chi connectivity index (χ3v) is 3.41. The molecule has 0 bridgehead atoms. The first kappa shape index (κ1) is 18.1. The minimum absolute atomic E-state index is 0.0271. The van der Waals surface area contributed by atoms with Gasteiger partial charge in [0.2, 0.25) is 11.8 Å². The number of anilines is 2. The molecule has 0 radical (unpaired) electrons. The minimum Gasteiger partial charge on any atom is -0.465 e. The highest BCUT2D eigenvalue weighted by Crippen LogP contribution is 2.18. The van der Waals surface area contributed by atoms with E-state index in [0.29, 0.717) is 5.69 Å². The fraction of sp³-hybridized carbons (Fsp3) is 0.167. The van der Waals surface area contributed by atoms with E-state index in [4.69, 9.17) is 0 Å². The molecular formula is C18H17FN2O4. The zero-order valence-corrected chi connectivity index (χ0v) is 13.8. The topological polar surface area (TPSA) is 75.7 Å². The summed E-state index contributed by atoms with van der Waals surface area (Å²) in [6.07, 6.45) is 0. The number of nitrogens with zero attached hydrogens (tertiary/aromatic N) is 1. The number of amides is 2. The Balaban J connectivity index is 2.19. The maximum absolute atomic E-state index is 13.6. The van der Waals surface area contributed by atoms with Crippen LogP contribution in [0.4, 0.5) is 15.8 Å². The van der Waals surface area contributed by atoms with Gasteiger partial charge in [0, 0.05) is 12.6 Å². The number of hydrogen-bond acceptors (Lipinski definition) is 4. The van der Waals surface area contributed by atoms with Crippen LogP contribution in [0, 0.1) is 5.82 Å². The summed E-state index contributed by atoms with van der Waals surface area (Å²) in [7, 11) is 1.25. The number of rotatable bonds is 5. The van der Waals surface area contributed by atoms with E-state index in [9.17, 15) is 18.8 Å². The van der Waals surface area contributed by atoms with Gasteiger partial charge in [0.1, 0.15) is 12.4 Å². The lowest BCUT2D eigenvalue weighted by molar-refractivity contribution is -0.120. The van der Waals surface area contributed by atoms with E-state index >= 15 is 0 Å². The number of carbonyl (C=O) groups excluding carboxylic acids is 3. The van der Waals surface area contributed by atoms with Gasteiger partial charge in [0.25, 0.3) is 0 Å². The summed E-state index contributed by atoms with van der Waals surface area (Å²) >= 11 is 0. The Bertz CT molecular complexity index is 807. The Labute approximate surface area is 144 Å². The van der Waals surface area contributed by atoms with Gasteiger partial charge >= 0.3 is 5.97 Å². The van der Waals surface area contributed by atoms with Crippen LogP contribution in [0.5, 0.6) is 0 Å². The summed E-state index contributed by atoms with van der Waals surface area (Å²) in [6, 6.07) is 11.9. The monoisotopic (exact) mass is 344 g/mol. The molecule has 2 aromatic rings. The highest BCUT2D eigenvalue weighted by Gasteiger charge is 2.18. The van der Waals surface area contributed by atoms with Crippen LogP contribution < -0.4 is 10.2 Å². The molecule has 2 aromatic carbocycles. The number of esters is 1. The van der Waals surface area contributed by atoms with Gasteiger partial charge in [-0.05, 0) is 30.3 Å². The van der Waals surface area contributed by atoms with Crippen LogP contribution in [0.2, 0.25) is 0 Å². The molecule has 0 saturated heterocycles. The molecular weight excluding hydrogens is 327 g/mol. The Morgan fingerprint density at radius 3 is 2.48 bits per heavy atom. The van der Waals surface area contributed by atoms with Crippen molar-refractivity contribution < 1.29 is 23.5 Å². The number of halogens is 1. The molecule has 0 heterocycles. The van der Waals surface area contributed by atoms with E-state index in [1.807, 2.05) is 0 Å². The lowest BCUT2D eigenvalue weighted by Crippen LogP contribution is -2.36. The van der Waals surface area contributed by atoms with Gasteiger partial charge in [0.05, 0.1) is 18.4 Å². The molecule has 130 valence electrons. The quantitative estimate of drug-likeness (QED) is 0.846. The highest BCUT2D eigenvalue weighted by atomic mass is 19.1. The van der Waals surface area contributed by atoms with E-state index in [1.165, 1.54) is 49.3 Å². The molecule has 7 heteroatoms. The standard InChI is InChI=1S/C18H17FN2O4/c1-12(22)21(14-7-5-6-13(10-14)18(24)25-2)11-17(23)20-16-9-4-3-8-15(16)19/h3-10H,11H2,1-2H3,(H,20,23). The number of carbonyl (C=O) groups is 3. The first-order chi connectivity index (χ1) is 11.9. The Morgan fingerprint density at radius 2 is 1.84 bits per heavy atom. The molecule has 0 aliphatic rings. The van der Waals surface area contributed by atoms with Gasteiger partial charge in [-0.3, -0.25) is 9.59 Å². The number of hydrogen-bond donors (Lipinski definition) is 1. The first-order valence-electron chi connectivity index (χ1n) is 7.43. The fourth-order valence-electron chi connectivity index (χ4n) is 2.20. The average molecular weight is 344 g/mol. The molecule has 0 fully saturated rings. The van der Waals surface area contributed by atoms with Crippen molar-refractivity contribution >= 4 is 29.2 Å². The first-order valence-corrected chi connectivity index (χ1v) is 7.43. The lowest BCUT2D eigenvalue weighted by Gasteiger charge is -2.21. The summed E-state index contributed by atoms with van der Waals surface area (Å²) in [5.74, 6) is -2.09. The number of benzene rings is 2. The minimum atomic E-state index is -0.571. The van der Waals surface area contributed by atoms with Gasteiger partial charge in [-0.15, -0.1) is 0 Å². The molecule has 2 rings (SSSR count). The molecule has 0 unspecified atom stereocenters. The molecule has 0 aromatic heterocycles. The molecule has 25 heavy (non-hydrogen) atoms. The summed E-state index contributed by atoms with van der Waals surface area (Å²) in [5.41, 5.74) is 0.638. The summed E-state index contributed by atoms with van der Waals surface area (Å²) in [6.45, 7) is 0.968. The van der Waals surface area contributed by atoms with Crippen LogP contribution in [0.3, 0.4) is 0 Å². The predicted molar refractivity (Wildman–Crippen MR) is 90.8 cm³/mol. The highest BCUT2D eigenvalue weighted by molar-refractivity contribution is 6.02. The maximum Gasteiger partial charge on any atom is 0.337 e. The Morgan fingerprint density at radius 1 is 1.12 bits per heavy atom. The number of methoxy groups -OCH3 is 1. The maximum atomic E-state index is 13.6. The molecule has 6 nitrogen and oxygen atoms in total. The van der Waals surface area contributed by atoms with Crippen LogP contribution in [0.1, 0.15) is 17.3 Å². The predicted octanol–water partition coefficient (Wildman–Crippen LogP) is 2.60. The SMILES string of the molecule is COC(=O)c1cccc(N(CC(=O)Nc2ccccc2F)C(C)=O)c1. The van der Waals surface area contributed by atoms with Crippen LogP contribution in [0.25, 0.3) is 0 Å². The third kappa shape index (κ3) is 4.63. The molecule has 0 saturated carbocycles. The molecule has 0 atom stereocenters. The molecule has 1 N–H and O–H groups in total. The molecule has 0 aliphatic carbocycles. The summed E-state index contributed by atoms with van der Waals surface area (Å²) in [5, 5.41) is 2.41. The van der Waals surface area contributed by atoms with E-state index in [0.717, 1.165) is 0 Å². The number of para-hydroxylation sites is 1. The second kappa shape index (κ2) is 8.05. The smallest absolute Gasteiger partial charge is 0.337 e. The van der Waals surface area contributed by atoms with Gasteiger partial charge in [-0.25, -0.2) is 9.18 Å². The van der Waals surface area contributed by atoms with Crippen molar-refractivity contribution in [2.24, 2.45) is 0 Å². The van der Waals surface area contributed by atoms with Crippen molar-refractivity contribution in [1.82, 2.24) is 0 Å². The van der Waals surface area contributed by atoms with Crippen molar-refractivity contribution in [2.75, 3.05) is 23.9 Å². The fourth-order valence-corrected chi connectivity index (χ4v) is 2.20. The van der Waals surface area contributed by atoms with Crippen molar-refractivity contribution in [2.45, 2.75) is 6.92 Å². The van der Waals surface area contributed by atoms with E-state index in [1.54, 1.807) is 18.2 Å². The van der Waals surface area contributed by atoms with Crippen molar-refractivity contribution in [3.05, 3.63) is 59.9 Å². The molecule has 0 spiro atoms. The Kier molecular flexibility index (Phi) is 5.84. The largest absolute Gasteiger partial charge is 0.465 e. The summed E-state index contributed by atoms with van der Waals surface area (Å²) < 4.78 is 18.2. The summed E-state index contributed by atoms with van der Waals surface area (Å²) in [4.78, 5) is 36.9. The van der Waals surface area contributed by atoms with Gasteiger partial charge in [0.15, 0.2) is 0 Å². The van der Waals surface area contributed by atoms with Crippen molar-refractivity contribution in [3.8, 4) is 0 Å². The van der Waals surface area contributed by atoms with Gasteiger partial charge in [-0.2, -0.15) is 0 Å². The number of ether oxygens (including phenoxy) is 1.